The van der Waals surface area contributed by atoms with Crippen LogP contribution >= 0.6 is 46.2 Å². The molecule has 2 N–H and O–H groups in total. The second-order valence-electron chi connectivity index (χ2n) is 21.0. The number of carbonyl (C=O) groups excluding carboxylic acids is 5. The zero-order chi connectivity index (χ0) is 62.3. The summed E-state index contributed by atoms with van der Waals surface area (Å²) in [6, 6.07) is 71.1. The van der Waals surface area contributed by atoms with Crippen molar-refractivity contribution in [2.75, 3.05) is 16.8 Å². The molecule has 2 amide bonds. The number of aromatic nitrogens is 5. The summed E-state index contributed by atoms with van der Waals surface area (Å²) >= 11 is 5.00. The first-order valence-electron chi connectivity index (χ1n) is 28.8. The second kappa shape index (κ2) is 26.8. The standard InChI is InChI=1S/C70H53N9O8S4/c1-44-40-55(79-68(71-44)74-61(76-79)67(84)86-60(47-28-13-4-14-29-47)48-30-15-5-16-31-48)89-41-49-42-90-64-57(63(81)78(64)58(49)66(83)85-59(45-24-9-2-10-25-45)46-26-11-3-12-27-46)73-62(80)56(77-87-65(82)54-38-23-39-88-54)53-43-91-69(72-53)75-70(50-32-17-6-18-33-50,51-34-19-7-20-35-51)52-36-21-8-22-37-52/h2-40,43,57,59-60,64H,41-42H2,1H3,(H,72,75)(H,73,80)/t57-,64-/m1/s1. The molecule has 0 spiro atoms. The number of nitrogens with zero attached hydrogens (tertiary/aromatic N) is 7. The summed E-state index contributed by atoms with van der Waals surface area (Å²) in [6.45, 7) is 1.80. The highest BCUT2D eigenvalue weighted by Gasteiger charge is 2.55. The smallest absolute Gasteiger partial charge is 0.379 e. The van der Waals surface area contributed by atoms with Crippen LogP contribution in [0, 0.1) is 6.92 Å². The molecule has 0 radical (unpaired) electrons. The lowest BCUT2D eigenvalue weighted by atomic mass is 9.77. The van der Waals surface area contributed by atoms with E-state index >= 15 is 9.59 Å². The number of β-lactam (4-membered cyclic amide) rings is 1. The van der Waals surface area contributed by atoms with Gasteiger partial charge < -0.3 is 24.9 Å². The summed E-state index contributed by atoms with van der Waals surface area (Å²) in [4.78, 5) is 93.8. The molecule has 11 aromatic rings. The fourth-order valence-electron chi connectivity index (χ4n) is 10.9. The molecule has 0 bridgehead atoms. The van der Waals surface area contributed by atoms with Crippen molar-refractivity contribution in [2.45, 2.75) is 41.1 Å². The predicted octanol–water partition coefficient (Wildman–Crippen LogP) is 12.6. The van der Waals surface area contributed by atoms with Gasteiger partial charge in [0, 0.05) is 22.6 Å². The number of anilines is 1. The van der Waals surface area contributed by atoms with E-state index in [4.69, 9.17) is 19.3 Å². The summed E-state index contributed by atoms with van der Waals surface area (Å²) in [5.74, 6) is -3.49. The molecule has 1 saturated heterocycles. The maximum absolute atomic E-state index is 15.2. The summed E-state index contributed by atoms with van der Waals surface area (Å²) < 4.78 is 14.1. The van der Waals surface area contributed by atoms with Crippen LogP contribution in [0.25, 0.3) is 5.78 Å². The Morgan fingerprint density at radius 1 is 0.637 bits per heavy atom. The van der Waals surface area contributed by atoms with Crippen molar-refractivity contribution in [2.24, 2.45) is 5.16 Å². The third kappa shape index (κ3) is 12.6. The van der Waals surface area contributed by atoms with Crippen molar-refractivity contribution >= 4 is 92.5 Å². The minimum atomic E-state index is -1.19. The number of ether oxygens (including phenoxy) is 2. The molecular weight excluding hydrogens is 1220 g/mol. The van der Waals surface area contributed by atoms with Crippen molar-refractivity contribution in [1.29, 1.82) is 0 Å². The van der Waals surface area contributed by atoms with Crippen LogP contribution in [0.1, 0.15) is 82.8 Å². The number of amides is 2. The third-order valence-electron chi connectivity index (χ3n) is 15.2. The van der Waals surface area contributed by atoms with Gasteiger partial charge in [-0.15, -0.1) is 51.3 Å². The van der Waals surface area contributed by atoms with Gasteiger partial charge in [0.2, 0.25) is 0 Å². The zero-order valence-electron chi connectivity index (χ0n) is 48.3. The van der Waals surface area contributed by atoms with Gasteiger partial charge in [-0.05, 0) is 69.0 Å². The van der Waals surface area contributed by atoms with Gasteiger partial charge in [0.05, 0.1) is 0 Å². The molecule has 21 heteroatoms. The second-order valence-corrected chi connectivity index (χ2v) is 24.9. The average molecular weight is 1280 g/mol. The molecule has 17 nitrogen and oxygen atoms in total. The average Bonchev–Trinajstić information content (AvgIpc) is 1.25. The number of hydrogen-bond acceptors (Lipinski definition) is 18. The maximum Gasteiger partial charge on any atom is 0.379 e. The van der Waals surface area contributed by atoms with Crippen LogP contribution in [-0.2, 0) is 34.2 Å². The number of nitrogens with one attached hydrogen (secondary N) is 2. The Balaban J connectivity index is 0.810. The van der Waals surface area contributed by atoms with Crippen LogP contribution in [0.2, 0.25) is 0 Å². The number of oxime groups is 1. The summed E-state index contributed by atoms with van der Waals surface area (Å²) in [7, 11) is 0. The summed E-state index contributed by atoms with van der Waals surface area (Å²) in [6.07, 6.45) is -1.62. The van der Waals surface area contributed by atoms with Crippen LogP contribution < -0.4 is 10.6 Å². The van der Waals surface area contributed by atoms with Crippen molar-refractivity contribution in [3.63, 3.8) is 0 Å². The van der Waals surface area contributed by atoms with Crippen LogP contribution in [0.15, 0.2) is 263 Å². The van der Waals surface area contributed by atoms with Gasteiger partial charge in [0.25, 0.3) is 23.4 Å². The van der Waals surface area contributed by atoms with E-state index in [2.05, 4.69) is 30.9 Å². The van der Waals surface area contributed by atoms with E-state index in [0.717, 1.165) is 39.2 Å². The number of thioether (sulfide) groups is 2. The van der Waals surface area contributed by atoms with Crippen LogP contribution in [-0.4, -0.2) is 87.8 Å². The Bertz CT molecular complexity index is 4310. The molecule has 13 rings (SSSR count). The topological polar surface area (TPSA) is 209 Å². The minimum absolute atomic E-state index is 0.00840. The first kappa shape index (κ1) is 59.6. The Hall–Kier alpha value is -10.3. The molecule has 91 heavy (non-hydrogen) atoms. The van der Waals surface area contributed by atoms with Crippen molar-refractivity contribution in [3.05, 3.63) is 314 Å². The number of aryl methyl sites for hydroxylation is 1. The van der Waals surface area contributed by atoms with E-state index in [1.54, 1.807) is 35.9 Å². The molecule has 0 unspecified atom stereocenters. The normalized spacial score (nSPS) is 14.8. The fraction of sp³-hybridized carbons (Fsp3) is 0.114. The Morgan fingerprint density at radius 3 is 1.67 bits per heavy atom. The number of thiazole rings is 1. The molecular formula is C70H53N9O8S4. The summed E-state index contributed by atoms with van der Waals surface area (Å²) in [5.41, 5.74) is 5.52. The third-order valence-corrected chi connectivity index (χ3v) is 19.2. The number of fused-ring (bicyclic) bond motifs is 2. The number of hydrogen-bond donors (Lipinski definition) is 2. The lowest BCUT2D eigenvalue weighted by molar-refractivity contribution is -0.154. The molecule has 450 valence electrons. The minimum Gasteiger partial charge on any atom is -0.448 e. The highest BCUT2D eigenvalue weighted by molar-refractivity contribution is 8.01. The summed E-state index contributed by atoms with van der Waals surface area (Å²) in [5, 5.41) is 18.9. The molecule has 0 saturated carbocycles. The maximum atomic E-state index is 15.2. The van der Waals surface area contributed by atoms with Gasteiger partial charge in [-0.2, -0.15) is 9.50 Å². The number of benzene rings is 7. The first-order valence-corrected chi connectivity index (χ1v) is 32.6. The van der Waals surface area contributed by atoms with Crippen LogP contribution in [0.4, 0.5) is 5.13 Å². The largest absolute Gasteiger partial charge is 0.448 e. The van der Waals surface area contributed by atoms with E-state index in [-0.39, 0.29) is 45.1 Å². The monoisotopic (exact) mass is 1280 g/mol. The number of esters is 2. The molecule has 7 aromatic carbocycles. The van der Waals surface area contributed by atoms with E-state index in [9.17, 15) is 14.4 Å². The van der Waals surface area contributed by atoms with Gasteiger partial charge in [-0.3, -0.25) is 14.5 Å². The van der Waals surface area contributed by atoms with Crippen LogP contribution in [0.3, 0.4) is 0 Å². The quantitative estimate of drug-likeness (QED) is 0.0100. The number of carbonyl (C=O) groups is 5. The van der Waals surface area contributed by atoms with Crippen molar-refractivity contribution in [1.82, 2.24) is 34.8 Å². The molecule has 2 aliphatic rings. The van der Waals surface area contributed by atoms with Crippen molar-refractivity contribution in [3.8, 4) is 0 Å². The molecule has 6 heterocycles. The highest BCUT2D eigenvalue weighted by Crippen LogP contribution is 2.44. The van der Waals surface area contributed by atoms with E-state index < -0.39 is 58.9 Å². The number of thiophene rings is 1. The molecule has 1 fully saturated rings. The van der Waals surface area contributed by atoms with Crippen molar-refractivity contribution < 1.29 is 38.3 Å². The van der Waals surface area contributed by atoms with Gasteiger partial charge in [0.15, 0.2) is 23.1 Å². The lowest BCUT2D eigenvalue weighted by Gasteiger charge is -2.49. The van der Waals surface area contributed by atoms with E-state index in [1.807, 2.05) is 212 Å². The number of rotatable bonds is 21. The molecule has 2 atom stereocenters. The van der Waals surface area contributed by atoms with Gasteiger partial charge >= 0.3 is 17.9 Å². The Labute approximate surface area is 538 Å². The first-order chi connectivity index (χ1) is 44.6. The highest BCUT2D eigenvalue weighted by atomic mass is 32.2. The SMILES string of the molecule is Cc1cc(SCC2=C(C(=O)OC(c3ccccc3)c3ccccc3)N3C(=O)[C@@H](NC(=O)C(=NOC(=O)c4cccs4)c4csc(NC(c5ccccc5)(c5ccccc5)c5ccccc5)n4)[C@H]3SC2)n2nc(C(=O)OC(c3ccccc3)c3ccccc3)nc2n1. The predicted molar refractivity (Wildman–Crippen MR) is 350 cm³/mol. The molecule has 2 aliphatic heterocycles. The fourth-order valence-corrected chi connectivity index (χ4v) is 14.8. The van der Waals surface area contributed by atoms with E-state index in [0.29, 0.717) is 32.6 Å². The Kier molecular flexibility index (Phi) is 17.6. The molecule has 0 aliphatic carbocycles. The zero-order valence-corrected chi connectivity index (χ0v) is 51.6. The Morgan fingerprint density at radius 2 is 1.15 bits per heavy atom. The lowest BCUT2D eigenvalue weighted by Crippen LogP contribution is -2.71. The van der Waals surface area contributed by atoms with Gasteiger partial charge in [-0.1, -0.05) is 224 Å². The van der Waals surface area contributed by atoms with Gasteiger partial charge in [-0.25, -0.2) is 24.4 Å². The van der Waals surface area contributed by atoms with Gasteiger partial charge in [0.1, 0.15) is 38.2 Å². The van der Waals surface area contributed by atoms with Crippen LogP contribution in [0.5, 0.6) is 0 Å². The molecule has 4 aromatic heterocycles. The van der Waals surface area contributed by atoms with E-state index in [1.165, 1.54) is 44.3 Å².